The summed E-state index contributed by atoms with van der Waals surface area (Å²) >= 11 is 0. The van der Waals surface area contributed by atoms with E-state index < -0.39 is 32.4 Å². The summed E-state index contributed by atoms with van der Waals surface area (Å²) < 4.78 is 18.4. The average Bonchev–Trinajstić information content (AvgIpc) is 2.92. The number of benzene rings is 1. The molecule has 1 aromatic rings. The third kappa shape index (κ3) is 6.12. The maximum absolute atomic E-state index is 9.77. The van der Waals surface area contributed by atoms with Crippen molar-refractivity contribution in [1.82, 2.24) is 0 Å². The summed E-state index contributed by atoms with van der Waals surface area (Å²) in [6.07, 6.45) is 0.223. The molecule has 1 aromatic carbocycles. The van der Waals surface area contributed by atoms with E-state index in [2.05, 4.69) is 39.0 Å². The van der Waals surface area contributed by atoms with Crippen LogP contribution in [-0.2, 0) is 25.3 Å². The molecule has 0 unspecified atom stereocenters. The summed E-state index contributed by atoms with van der Waals surface area (Å²) in [7, 11) is -2.11. The molecule has 7 heteroatoms. The zero-order chi connectivity index (χ0) is 21.0. The van der Waals surface area contributed by atoms with Gasteiger partial charge < -0.3 is 23.8 Å². The van der Waals surface area contributed by atoms with Crippen molar-refractivity contribution in [2.45, 2.75) is 83.5 Å². The number of oxime groups is 1. The fraction of sp³-hybridized carbons (Fsp3) is 0.667. The van der Waals surface area contributed by atoms with E-state index in [0.717, 1.165) is 5.56 Å². The van der Waals surface area contributed by atoms with Crippen LogP contribution in [0.25, 0.3) is 0 Å². The third-order valence-electron chi connectivity index (χ3n) is 5.32. The van der Waals surface area contributed by atoms with Gasteiger partial charge in [0.1, 0.15) is 24.9 Å². The molecule has 3 atom stereocenters. The lowest BCUT2D eigenvalue weighted by molar-refractivity contribution is -0.153. The van der Waals surface area contributed by atoms with Crippen molar-refractivity contribution in [3.8, 4) is 0 Å². The van der Waals surface area contributed by atoms with Crippen LogP contribution in [0, 0.1) is 0 Å². The molecule has 0 radical (unpaired) electrons. The zero-order valence-electron chi connectivity index (χ0n) is 18.1. The third-order valence-corrected chi connectivity index (χ3v) is 9.79. The van der Waals surface area contributed by atoms with Crippen LogP contribution in [0.2, 0.25) is 18.1 Å². The highest BCUT2D eigenvalue weighted by atomic mass is 28.4. The molecule has 158 valence electrons. The number of ether oxygens (including phenoxy) is 2. The van der Waals surface area contributed by atoms with Crippen LogP contribution in [0.15, 0.2) is 35.5 Å². The van der Waals surface area contributed by atoms with Gasteiger partial charge in [-0.3, -0.25) is 0 Å². The highest BCUT2D eigenvalue weighted by molar-refractivity contribution is 6.74. The van der Waals surface area contributed by atoms with Crippen LogP contribution in [0.5, 0.6) is 0 Å². The number of hydrogen-bond acceptors (Lipinski definition) is 6. The zero-order valence-corrected chi connectivity index (χ0v) is 19.1. The van der Waals surface area contributed by atoms with Gasteiger partial charge >= 0.3 is 0 Å². The summed E-state index contributed by atoms with van der Waals surface area (Å²) in [5, 5.41) is 13.9. The second kappa shape index (κ2) is 9.05. The largest absolute Gasteiger partial charge is 0.406 e. The van der Waals surface area contributed by atoms with Crippen LogP contribution in [0.1, 0.15) is 40.2 Å². The van der Waals surface area contributed by atoms with Crippen molar-refractivity contribution in [1.29, 1.82) is 0 Å². The maximum Gasteiger partial charge on any atom is 0.193 e. The van der Waals surface area contributed by atoms with Crippen LogP contribution in [0.3, 0.4) is 0 Å². The van der Waals surface area contributed by atoms with Gasteiger partial charge in [-0.25, -0.2) is 0 Å². The van der Waals surface area contributed by atoms with Crippen LogP contribution >= 0.6 is 0 Å². The van der Waals surface area contributed by atoms with E-state index >= 15 is 0 Å². The molecule has 1 N–H and O–H groups in total. The van der Waals surface area contributed by atoms with E-state index in [1.54, 1.807) is 6.21 Å². The number of aliphatic hydroxyl groups excluding tert-OH is 1. The second-order valence-corrected chi connectivity index (χ2v) is 13.9. The first-order valence-corrected chi connectivity index (χ1v) is 12.7. The first kappa shape index (κ1) is 23.0. The summed E-state index contributed by atoms with van der Waals surface area (Å²) in [6, 6.07) is 9.85. The number of rotatable bonds is 8. The van der Waals surface area contributed by atoms with Crippen LogP contribution in [-0.4, -0.2) is 50.3 Å². The normalized spacial score (nSPS) is 23.9. The molecule has 6 nitrogen and oxygen atoms in total. The molecule has 1 aliphatic heterocycles. The molecular formula is C21H35NO5Si. The topological polar surface area (TPSA) is 69.5 Å². The summed E-state index contributed by atoms with van der Waals surface area (Å²) in [6.45, 7) is 14.8. The van der Waals surface area contributed by atoms with E-state index in [1.165, 1.54) is 0 Å². The lowest BCUT2D eigenvalue weighted by atomic mass is 10.1. The van der Waals surface area contributed by atoms with Crippen molar-refractivity contribution < 1.29 is 23.8 Å². The Morgan fingerprint density at radius 2 is 1.86 bits per heavy atom. The molecule has 1 aliphatic rings. The van der Waals surface area contributed by atoms with Crippen molar-refractivity contribution >= 4 is 14.5 Å². The minimum atomic E-state index is -2.11. The molecule has 1 saturated heterocycles. The highest BCUT2D eigenvalue weighted by Crippen LogP contribution is 2.39. The van der Waals surface area contributed by atoms with Gasteiger partial charge in [-0.1, -0.05) is 56.3 Å². The first-order valence-electron chi connectivity index (χ1n) is 9.79. The Balaban J connectivity index is 2.15. The minimum Gasteiger partial charge on any atom is -0.406 e. The average molecular weight is 410 g/mol. The van der Waals surface area contributed by atoms with Gasteiger partial charge in [-0.05, 0) is 37.5 Å². The maximum atomic E-state index is 9.77. The van der Waals surface area contributed by atoms with Gasteiger partial charge in [0.15, 0.2) is 14.1 Å². The van der Waals surface area contributed by atoms with Gasteiger partial charge in [0.05, 0.1) is 12.8 Å². The molecule has 1 heterocycles. The lowest BCUT2D eigenvalue weighted by Gasteiger charge is -2.39. The standard InChI is InChI=1S/C21H35NO5Si/c1-20(2,3)28(6,7)27-17(19-18(14-23)25-21(4,5)26-19)13-22-24-15-16-11-9-8-10-12-16/h8-13,17-19,23H,14-15H2,1-7H3/b22-13+/t17-,18-,19+/m1/s1. The SMILES string of the molecule is CC1(C)O[C@@H]([C@@H](/C=N/OCc2ccccc2)O[Si](C)(C)C(C)(C)C)[C@@H](CO)O1. The molecule has 0 aliphatic carbocycles. The van der Waals surface area contributed by atoms with E-state index in [0.29, 0.717) is 6.61 Å². The molecule has 28 heavy (non-hydrogen) atoms. The Bertz CT molecular complexity index is 642. The number of aliphatic hydroxyl groups is 1. The van der Waals surface area contributed by atoms with Gasteiger partial charge in [-0.2, -0.15) is 0 Å². The molecule has 0 saturated carbocycles. The Morgan fingerprint density at radius 1 is 1.21 bits per heavy atom. The molecule has 0 bridgehead atoms. The Hall–Kier alpha value is -1.25. The Labute approximate surface area is 170 Å². The smallest absolute Gasteiger partial charge is 0.193 e. The summed E-state index contributed by atoms with van der Waals surface area (Å²) in [5.41, 5.74) is 1.04. The molecule has 0 amide bonds. The van der Waals surface area contributed by atoms with Crippen molar-refractivity contribution in [2.24, 2.45) is 5.16 Å². The Morgan fingerprint density at radius 3 is 2.43 bits per heavy atom. The van der Waals surface area contributed by atoms with Crippen LogP contribution < -0.4 is 0 Å². The molecule has 1 fully saturated rings. The highest BCUT2D eigenvalue weighted by Gasteiger charge is 2.48. The Kier molecular flexibility index (Phi) is 7.44. The summed E-state index contributed by atoms with van der Waals surface area (Å²) in [4.78, 5) is 5.48. The van der Waals surface area contributed by atoms with Gasteiger partial charge in [0, 0.05) is 0 Å². The van der Waals surface area contributed by atoms with Gasteiger partial charge in [0.25, 0.3) is 0 Å². The molecule has 0 spiro atoms. The van der Waals surface area contributed by atoms with Gasteiger partial charge in [0.2, 0.25) is 0 Å². The van der Waals surface area contributed by atoms with E-state index in [-0.39, 0.29) is 11.6 Å². The number of nitrogens with zero attached hydrogens (tertiary/aromatic N) is 1. The monoisotopic (exact) mass is 409 g/mol. The predicted octanol–water partition coefficient (Wildman–Crippen LogP) is 4.09. The summed E-state index contributed by atoms with van der Waals surface area (Å²) in [5.74, 6) is -0.786. The quantitative estimate of drug-likeness (QED) is 0.398. The second-order valence-electron chi connectivity index (χ2n) is 9.18. The van der Waals surface area contributed by atoms with Crippen molar-refractivity contribution in [3.63, 3.8) is 0 Å². The van der Waals surface area contributed by atoms with E-state index in [9.17, 15) is 5.11 Å². The molecule has 0 aromatic heterocycles. The lowest BCUT2D eigenvalue weighted by Crippen LogP contribution is -2.50. The number of hydrogen-bond donors (Lipinski definition) is 1. The van der Waals surface area contributed by atoms with E-state index in [1.807, 2.05) is 44.2 Å². The fourth-order valence-electron chi connectivity index (χ4n) is 2.77. The first-order chi connectivity index (χ1) is 13.0. The van der Waals surface area contributed by atoms with Gasteiger partial charge in [-0.15, -0.1) is 0 Å². The molecule has 2 rings (SSSR count). The minimum absolute atomic E-state index is 0.0215. The van der Waals surface area contributed by atoms with E-state index in [4.69, 9.17) is 18.7 Å². The van der Waals surface area contributed by atoms with Crippen molar-refractivity contribution in [2.75, 3.05) is 6.61 Å². The molecular weight excluding hydrogens is 374 g/mol. The van der Waals surface area contributed by atoms with Crippen molar-refractivity contribution in [3.05, 3.63) is 35.9 Å². The predicted molar refractivity (Wildman–Crippen MR) is 113 cm³/mol. The fourth-order valence-corrected chi connectivity index (χ4v) is 4.00. The van der Waals surface area contributed by atoms with Crippen LogP contribution in [0.4, 0.5) is 0 Å².